The summed E-state index contributed by atoms with van der Waals surface area (Å²) in [5.41, 5.74) is -0.920. The molecule has 2 aromatic rings. The van der Waals surface area contributed by atoms with E-state index < -0.39 is 32.2 Å². The molecule has 9 heteroatoms. The minimum absolute atomic E-state index is 0.00354. The summed E-state index contributed by atoms with van der Waals surface area (Å²) in [6, 6.07) is 6.90. The van der Waals surface area contributed by atoms with Crippen molar-refractivity contribution in [2.24, 2.45) is 0 Å². The first-order chi connectivity index (χ1) is 10.7. The minimum atomic E-state index is -4.07. The third-order valence-corrected chi connectivity index (χ3v) is 5.73. The summed E-state index contributed by atoms with van der Waals surface area (Å²) in [6.07, 6.45) is 1.95. The number of hydrogen-bond acceptors (Lipinski definition) is 5. The zero-order valence-corrected chi connectivity index (χ0v) is 14.5. The van der Waals surface area contributed by atoms with Gasteiger partial charge in [-0.1, -0.05) is 12.1 Å². The number of H-pyrrole nitrogens is 2. The van der Waals surface area contributed by atoms with Crippen LogP contribution in [0.4, 0.5) is 0 Å². The molecule has 124 valence electrons. The van der Waals surface area contributed by atoms with Crippen LogP contribution < -0.4 is 16.0 Å². The molecule has 1 atom stereocenters. The Morgan fingerprint density at radius 3 is 2.26 bits per heavy atom. The molecule has 0 bridgehead atoms. The van der Waals surface area contributed by atoms with Gasteiger partial charge in [-0.05, 0) is 37.8 Å². The van der Waals surface area contributed by atoms with Gasteiger partial charge < -0.3 is 4.98 Å². The lowest BCUT2D eigenvalue weighted by Gasteiger charge is -2.15. The van der Waals surface area contributed by atoms with Crippen molar-refractivity contribution in [3.63, 3.8) is 0 Å². The lowest BCUT2D eigenvalue weighted by molar-refractivity contribution is 0.563. The third-order valence-electron chi connectivity index (χ3n) is 3.29. The highest BCUT2D eigenvalue weighted by atomic mass is 32.2. The van der Waals surface area contributed by atoms with Crippen molar-refractivity contribution in [1.29, 1.82) is 0 Å². The summed E-state index contributed by atoms with van der Waals surface area (Å²) in [5.74, 6) is 0. The second-order valence-electron chi connectivity index (χ2n) is 4.98. The van der Waals surface area contributed by atoms with Crippen LogP contribution in [0.25, 0.3) is 0 Å². The minimum Gasteiger partial charge on any atom is -0.310 e. The van der Waals surface area contributed by atoms with Gasteiger partial charge in [-0.2, -0.15) is 0 Å². The number of hydrogen-bond donors (Lipinski definition) is 3. The van der Waals surface area contributed by atoms with Crippen molar-refractivity contribution in [3.05, 3.63) is 56.4 Å². The average Bonchev–Trinajstić information content (AvgIpc) is 2.45. The quantitative estimate of drug-likeness (QED) is 0.696. The van der Waals surface area contributed by atoms with Gasteiger partial charge in [0.05, 0.1) is 0 Å². The van der Waals surface area contributed by atoms with E-state index in [1.807, 2.05) is 35.5 Å². The molecule has 0 aliphatic rings. The molecule has 0 saturated carbocycles. The Hall–Kier alpha value is -1.84. The molecule has 0 aliphatic heterocycles. The van der Waals surface area contributed by atoms with Crippen LogP contribution in [-0.4, -0.2) is 24.6 Å². The summed E-state index contributed by atoms with van der Waals surface area (Å²) in [4.78, 5) is 27.8. The molecule has 23 heavy (non-hydrogen) atoms. The second-order valence-corrected chi connectivity index (χ2v) is 7.51. The van der Waals surface area contributed by atoms with Crippen LogP contribution in [0, 0.1) is 6.92 Å². The molecule has 0 aliphatic carbocycles. The molecule has 1 aromatic heterocycles. The Balaban J connectivity index is 2.34. The van der Waals surface area contributed by atoms with Gasteiger partial charge in [0.25, 0.3) is 5.56 Å². The summed E-state index contributed by atoms with van der Waals surface area (Å²) < 4.78 is 27.3. The van der Waals surface area contributed by atoms with E-state index >= 15 is 0 Å². The number of aryl methyl sites for hydroxylation is 1. The summed E-state index contributed by atoms with van der Waals surface area (Å²) >= 11 is 1.59. The van der Waals surface area contributed by atoms with Gasteiger partial charge in [0.2, 0.25) is 10.0 Å². The lowest BCUT2D eigenvalue weighted by atomic mass is 10.1. The maximum atomic E-state index is 12.4. The standard InChI is InChI=1S/C14H17N3O4S2/c1-8(10-4-6-11(22-3)7-5-10)17-23(20,21)12-9(2)15-14(19)16-13(12)18/h4-8,17H,1-3H3,(H2,15,16,18,19). The molecule has 0 fully saturated rings. The molecule has 3 N–H and O–H groups in total. The number of aromatic nitrogens is 2. The van der Waals surface area contributed by atoms with Crippen molar-refractivity contribution in [1.82, 2.24) is 14.7 Å². The van der Waals surface area contributed by atoms with E-state index in [0.717, 1.165) is 10.5 Å². The molecular formula is C14H17N3O4S2. The Labute approximate surface area is 137 Å². The molecule has 1 heterocycles. The molecule has 2 rings (SSSR count). The molecule has 1 aromatic carbocycles. The van der Waals surface area contributed by atoms with Gasteiger partial charge in [0.15, 0.2) is 4.90 Å². The monoisotopic (exact) mass is 355 g/mol. The van der Waals surface area contributed by atoms with E-state index in [0.29, 0.717) is 0 Å². The Bertz CT molecular complexity index is 914. The van der Waals surface area contributed by atoms with E-state index in [4.69, 9.17) is 0 Å². The fourth-order valence-corrected chi connectivity index (χ4v) is 4.04. The number of nitrogens with one attached hydrogen (secondary N) is 3. The van der Waals surface area contributed by atoms with Crippen LogP contribution in [0.3, 0.4) is 0 Å². The fourth-order valence-electron chi connectivity index (χ4n) is 2.16. The summed E-state index contributed by atoms with van der Waals surface area (Å²) in [7, 11) is -4.07. The van der Waals surface area contributed by atoms with Gasteiger partial charge in [0, 0.05) is 16.6 Å². The highest BCUT2D eigenvalue weighted by molar-refractivity contribution is 7.98. The SMILES string of the molecule is CSc1ccc(C(C)NS(=O)(=O)c2c(C)[nH]c(=O)[nH]c2=O)cc1. The van der Waals surface area contributed by atoms with Crippen LogP contribution in [0.1, 0.15) is 24.2 Å². The van der Waals surface area contributed by atoms with Crippen molar-refractivity contribution in [3.8, 4) is 0 Å². The third kappa shape index (κ3) is 3.92. The highest BCUT2D eigenvalue weighted by Gasteiger charge is 2.24. The number of rotatable bonds is 5. The first kappa shape index (κ1) is 17.5. The van der Waals surface area contributed by atoms with Crippen LogP contribution in [-0.2, 0) is 10.0 Å². The summed E-state index contributed by atoms with van der Waals surface area (Å²) in [6.45, 7) is 3.05. The van der Waals surface area contributed by atoms with Crippen LogP contribution in [0.2, 0.25) is 0 Å². The largest absolute Gasteiger partial charge is 0.325 e. The van der Waals surface area contributed by atoms with E-state index in [-0.39, 0.29) is 5.69 Å². The Morgan fingerprint density at radius 1 is 1.13 bits per heavy atom. The second kappa shape index (κ2) is 6.73. The van der Waals surface area contributed by atoms with Crippen LogP contribution in [0.15, 0.2) is 43.6 Å². The van der Waals surface area contributed by atoms with Gasteiger partial charge in [0.1, 0.15) is 0 Å². The van der Waals surface area contributed by atoms with Gasteiger partial charge in [-0.15, -0.1) is 11.8 Å². The van der Waals surface area contributed by atoms with E-state index in [1.54, 1.807) is 18.7 Å². The average molecular weight is 355 g/mol. The zero-order chi connectivity index (χ0) is 17.2. The normalized spacial score (nSPS) is 13.0. The predicted molar refractivity (Wildman–Crippen MR) is 89.4 cm³/mol. The molecule has 0 radical (unpaired) electrons. The topological polar surface area (TPSA) is 112 Å². The van der Waals surface area contributed by atoms with Gasteiger partial charge in [-0.3, -0.25) is 9.78 Å². The maximum Gasteiger partial charge on any atom is 0.325 e. The van der Waals surface area contributed by atoms with E-state index in [1.165, 1.54) is 6.92 Å². The van der Waals surface area contributed by atoms with Crippen molar-refractivity contribution >= 4 is 21.8 Å². The van der Waals surface area contributed by atoms with Gasteiger partial charge in [-0.25, -0.2) is 17.9 Å². The number of thioether (sulfide) groups is 1. The molecule has 0 amide bonds. The molecule has 7 nitrogen and oxygen atoms in total. The predicted octanol–water partition coefficient (Wildman–Crippen LogP) is 1.13. The smallest absolute Gasteiger partial charge is 0.310 e. The Kier molecular flexibility index (Phi) is 5.12. The Morgan fingerprint density at radius 2 is 1.74 bits per heavy atom. The van der Waals surface area contributed by atoms with Crippen molar-refractivity contribution in [2.45, 2.75) is 29.7 Å². The van der Waals surface area contributed by atoms with Crippen LogP contribution in [0.5, 0.6) is 0 Å². The lowest BCUT2D eigenvalue weighted by Crippen LogP contribution is -2.35. The highest BCUT2D eigenvalue weighted by Crippen LogP contribution is 2.20. The maximum absolute atomic E-state index is 12.4. The number of sulfonamides is 1. The number of aromatic amines is 2. The van der Waals surface area contributed by atoms with Crippen LogP contribution >= 0.6 is 11.8 Å². The summed E-state index contributed by atoms with van der Waals surface area (Å²) in [5, 5.41) is 0. The molecule has 0 saturated heterocycles. The zero-order valence-electron chi connectivity index (χ0n) is 12.8. The van der Waals surface area contributed by atoms with E-state index in [9.17, 15) is 18.0 Å². The van der Waals surface area contributed by atoms with Gasteiger partial charge >= 0.3 is 5.69 Å². The number of benzene rings is 1. The first-order valence-corrected chi connectivity index (χ1v) is 9.45. The fraction of sp³-hybridized carbons (Fsp3) is 0.286. The molecular weight excluding hydrogens is 338 g/mol. The molecule has 0 spiro atoms. The van der Waals surface area contributed by atoms with E-state index in [2.05, 4.69) is 9.71 Å². The van der Waals surface area contributed by atoms with Crippen molar-refractivity contribution in [2.75, 3.05) is 6.26 Å². The van der Waals surface area contributed by atoms with Crippen molar-refractivity contribution < 1.29 is 8.42 Å². The molecule has 1 unspecified atom stereocenters. The first-order valence-electron chi connectivity index (χ1n) is 6.74.